The number of hydrogen-bond acceptors (Lipinski definition) is 5. The first-order chi connectivity index (χ1) is 18.0. The standard InChI is InChI=1S/C27H31ClFN3O4S2/c1-17(2)12-22(31-27(34)24-13-19-7-3-4-8-23(19)37-24)26(33)30-15-18-6-5-11-32(16-18)38(35,36)25-10-9-20(29)14-21(25)28/h3-4,7-10,13-14,17-18,22H,5-6,11-12,15-16H2,1-2H3,(H,30,33)(H,31,34)/t18?,22-/m0/s1. The highest BCUT2D eigenvalue weighted by Crippen LogP contribution is 2.29. The summed E-state index contributed by atoms with van der Waals surface area (Å²) in [6, 6.07) is 12.1. The van der Waals surface area contributed by atoms with Gasteiger partial charge in [-0.3, -0.25) is 9.59 Å². The zero-order chi connectivity index (χ0) is 27.4. The molecule has 0 spiro atoms. The molecule has 3 aromatic rings. The van der Waals surface area contributed by atoms with Crippen molar-refractivity contribution in [1.29, 1.82) is 0 Å². The minimum absolute atomic E-state index is 0.111. The number of carbonyl (C=O) groups is 2. The number of fused-ring (bicyclic) bond motifs is 1. The van der Waals surface area contributed by atoms with Gasteiger partial charge >= 0.3 is 0 Å². The number of hydrogen-bond donors (Lipinski definition) is 2. The van der Waals surface area contributed by atoms with Gasteiger partial charge in [0, 0.05) is 24.3 Å². The van der Waals surface area contributed by atoms with Crippen molar-refractivity contribution in [1.82, 2.24) is 14.9 Å². The first-order valence-electron chi connectivity index (χ1n) is 12.6. The van der Waals surface area contributed by atoms with E-state index < -0.39 is 21.9 Å². The number of benzene rings is 2. The summed E-state index contributed by atoms with van der Waals surface area (Å²) in [5, 5.41) is 6.63. The van der Waals surface area contributed by atoms with Crippen LogP contribution >= 0.6 is 22.9 Å². The normalized spacial score (nSPS) is 17.4. The fourth-order valence-electron chi connectivity index (χ4n) is 4.63. The maximum absolute atomic E-state index is 13.4. The first kappa shape index (κ1) is 28.5. The molecule has 38 heavy (non-hydrogen) atoms. The Morgan fingerprint density at radius 3 is 2.66 bits per heavy atom. The number of halogens is 2. The molecular formula is C27H31ClFN3O4S2. The molecule has 0 saturated carbocycles. The van der Waals surface area contributed by atoms with Crippen LogP contribution in [-0.2, 0) is 14.8 Å². The van der Waals surface area contributed by atoms with E-state index in [-0.39, 0.29) is 46.7 Å². The lowest BCUT2D eigenvalue weighted by Crippen LogP contribution is -2.50. The highest BCUT2D eigenvalue weighted by Gasteiger charge is 2.32. The van der Waals surface area contributed by atoms with Crippen molar-refractivity contribution in [2.45, 2.75) is 44.0 Å². The lowest BCUT2D eigenvalue weighted by molar-refractivity contribution is -0.123. The largest absolute Gasteiger partial charge is 0.354 e. The van der Waals surface area contributed by atoms with Crippen molar-refractivity contribution in [2.24, 2.45) is 11.8 Å². The van der Waals surface area contributed by atoms with Gasteiger partial charge in [-0.05, 0) is 66.8 Å². The van der Waals surface area contributed by atoms with Crippen LogP contribution in [-0.4, -0.2) is 50.2 Å². The highest BCUT2D eigenvalue weighted by molar-refractivity contribution is 7.89. The Balaban J connectivity index is 1.39. The molecule has 1 fully saturated rings. The molecule has 7 nitrogen and oxygen atoms in total. The van der Waals surface area contributed by atoms with Gasteiger partial charge in [0.15, 0.2) is 0 Å². The number of carbonyl (C=O) groups excluding carboxylic acids is 2. The van der Waals surface area contributed by atoms with Crippen molar-refractivity contribution in [2.75, 3.05) is 19.6 Å². The fraction of sp³-hybridized carbons (Fsp3) is 0.407. The van der Waals surface area contributed by atoms with Gasteiger partial charge in [-0.15, -0.1) is 11.3 Å². The lowest BCUT2D eigenvalue weighted by Gasteiger charge is -2.32. The van der Waals surface area contributed by atoms with Gasteiger partial charge in [0.1, 0.15) is 16.8 Å². The number of nitrogens with one attached hydrogen (secondary N) is 2. The van der Waals surface area contributed by atoms with Gasteiger partial charge in [0.2, 0.25) is 15.9 Å². The van der Waals surface area contributed by atoms with Gasteiger partial charge in [-0.25, -0.2) is 12.8 Å². The molecule has 2 heterocycles. The highest BCUT2D eigenvalue weighted by atomic mass is 35.5. The maximum atomic E-state index is 13.4. The smallest absolute Gasteiger partial charge is 0.262 e. The molecule has 0 radical (unpaired) electrons. The summed E-state index contributed by atoms with van der Waals surface area (Å²) in [6.45, 7) is 4.77. The van der Waals surface area contributed by atoms with Crippen molar-refractivity contribution in [3.8, 4) is 0 Å². The third kappa shape index (κ3) is 6.72. The molecule has 0 bridgehead atoms. The summed E-state index contributed by atoms with van der Waals surface area (Å²) in [5.74, 6) is -1.14. The molecule has 2 amide bonds. The molecule has 1 aliphatic rings. The summed E-state index contributed by atoms with van der Waals surface area (Å²) in [6.07, 6.45) is 1.83. The Hall–Kier alpha value is -2.53. The molecule has 1 saturated heterocycles. The molecule has 204 valence electrons. The molecule has 0 aliphatic carbocycles. The van der Waals surface area contributed by atoms with Crippen LogP contribution in [0.15, 0.2) is 53.4 Å². The number of thiophene rings is 1. The van der Waals surface area contributed by atoms with E-state index >= 15 is 0 Å². The van der Waals surface area contributed by atoms with Crippen LogP contribution in [0.3, 0.4) is 0 Å². The Morgan fingerprint density at radius 1 is 1.18 bits per heavy atom. The Morgan fingerprint density at radius 2 is 1.95 bits per heavy atom. The first-order valence-corrected chi connectivity index (χ1v) is 15.2. The average Bonchev–Trinajstić information content (AvgIpc) is 3.31. The predicted molar refractivity (Wildman–Crippen MR) is 148 cm³/mol. The second-order valence-electron chi connectivity index (χ2n) is 10.00. The molecular weight excluding hydrogens is 549 g/mol. The molecule has 2 aromatic carbocycles. The Labute approximate surface area is 231 Å². The zero-order valence-corrected chi connectivity index (χ0v) is 23.6. The quantitative estimate of drug-likeness (QED) is 0.371. The second-order valence-corrected chi connectivity index (χ2v) is 13.4. The predicted octanol–water partition coefficient (Wildman–Crippen LogP) is 5.06. The topological polar surface area (TPSA) is 95.6 Å². The number of rotatable bonds is 9. The van der Waals surface area contributed by atoms with Gasteiger partial charge in [-0.1, -0.05) is 43.6 Å². The second kappa shape index (κ2) is 12.1. The molecule has 11 heteroatoms. The molecule has 1 aromatic heterocycles. The van der Waals surface area contributed by atoms with E-state index in [0.717, 1.165) is 28.6 Å². The molecule has 2 atom stereocenters. The fourth-order valence-corrected chi connectivity index (χ4v) is 7.66. The number of nitrogens with zero attached hydrogens (tertiary/aromatic N) is 1. The average molecular weight is 580 g/mol. The minimum Gasteiger partial charge on any atom is -0.354 e. The van der Waals surface area contributed by atoms with Crippen LogP contribution in [0, 0.1) is 17.7 Å². The van der Waals surface area contributed by atoms with E-state index in [4.69, 9.17) is 11.6 Å². The van der Waals surface area contributed by atoms with Gasteiger partial charge in [0.25, 0.3) is 5.91 Å². The Kier molecular flexibility index (Phi) is 9.07. The number of piperidine rings is 1. The third-order valence-electron chi connectivity index (χ3n) is 6.54. The van der Waals surface area contributed by atoms with Crippen molar-refractivity contribution < 1.29 is 22.4 Å². The lowest BCUT2D eigenvalue weighted by atomic mass is 9.99. The van der Waals surface area contributed by atoms with E-state index in [1.807, 2.05) is 44.2 Å². The zero-order valence-electron chi connectivity index (χ0n) is 21.2. The third-order valence-corrected chi connectivity index (χ3v) is 10.00. The van der Waals surface area contributed by atoms with E-state index in [2.05, 4.69) is 10.6 Å². The maximum Gasteiger partial charge on any atom is 0.262 e. The van der Waals surface area contributed by atoms with Gasteiger partial charge in [-0.2, -0.15) is 4.31 Å². The van der Waals surface area contributed by atoms with Crippen molar-refractivity contribution >= 4 is 54.9 Å². The van der Waals surface area contributed by atoms with Crippen LogP contribution in [0.5, 0.6) is 0 Å². The van der Waals surface area contributed by atoms with E-state index in [0.29, 0.717) is 24.3 Å². The summed E-state index contributed by atoms with van der Waals surface area (Å²) in [5.41, 5.74) is 0. The van der Waals surface area contributed by atoms with Crippen LogP contribution < -0.4 is 10.6 Å². The van der Waals surface area contributed by atoms with Crippen molar-refractivity contribution in [3.05, 3.63) is 64.2 Å². The Bertz CT molecular complexity index is 1390. The molecule has 2 N–H and O–H groups in total. The van der Waals surface area contributed by atoms with Gasteiger partial charge < -0.3 is 10.6 Å². The van der Waals surface area contributed by atoms with Crippen LogP contribution in [0.2, 0.25) is 5.02 Å². The molecule has 1 aliphatic heterocycles. The monoisotopic (exact) mass is 579 g/mol. The van der Waals surface area contributed by atoms with Gasteiger partial charge in [0.05, 0.1) is 9.90 Å². The van der Waals surface area contributed by atoms with E-state index in [9.17, 15) is 22.4 Å². The van der Waals surface area contributed by atoms with E-state index in [1.165, 1.54) is 21.7 Å². The summed E-state index contributed by atoms with van der Waals surface area (Å²) >= 11 is 7.40. The SMILES string of the molecule is CC(C)C[C@H](NC(=O)c1cc2ccccc2s1)C(=O)NCC1CCCN(S(=O)(=O)c2ccc(F)cc2Cl)C1. The number of sulfonamides is 1. The summed E-state index contributed by atoms with van der Waals surface area (Å²) < 4.78 is 42.0. The van der Waals surface area contributed by atoms with Crippen molar-refractivity contribution in [3.63, 3.8) is 0 Å². The summed E-state index contributed by atoms with van der Waals surface area (Å²) in [4.78, 5) is 26.5. The van der Waals surface area contributed by atoms with Crippen LogP contribution in [0.25, 0.3) is 10.1 Å². The molecule has 1 unspecified atom stereocenters. The van der Waals surface area contributed by atoms with Crippen LogP contribution in [0.4, 0.5) is 4.39 Å². The summed E-state index contributed by atoms with van der Waals surface area (Å²) in [7, 11) is -3.90. The van der Waals surface area contributed by atoms with Crippen LogP contribution in [0.1, 0.15) is 42.8 Å². The minimum atomic E-state index is -3.90. The van der Waals surface area contributed by atoms with E-state index in [1.54, 1.807) is 0 Å². The number of amides is 2. The molecule has 4 rings (SSSR count).